The molecule has 0 aliphatic heterocycles. The number of benzene rings is 2. The molecule has 0 unspecified atom stereocenters. The number of nitrogens with one attached hydrogen (secondary N) is 2. The second kappa shape index (κ2) is 8.39. The summed E-state index contributed by atoms with van der Waals surface area (Å²) in [5.74, 6) is 0.512. The normalized spacial score (nSPS) is 10.3. The molecule has 3 aromatic rings. The number of anilines is 5. The summed E-state index contributed by atoms with van der Waals surface area (Å²) in [5.41, 5.74) is 4.13. The second-order valence-electron chi connectivity index (χ2n) is 6.79. The lowest BCUT2D eigenvalue weighted by Crippen LogP contribution is -2.14. The van der Waals surface area contributed by atoms with Crippen molar-refractivity contribution in [2.45, 2.75) is 0 Å². The van der Waals surface area contributed by atoms with Crippen molar-refractivity contribution in [2.75, 3.05) is 48.6 Å². The van der Waals surface area contributed by atoms with Gasteiger partial charge in [-0.05, 0) is 42.5 Å². The van der Waals surface area contributed by atoms with Crippen molar-refractivity contribution in [1.29, 1.82) is 0 Å². The van der Waals surface area contributed by atoms with Gasteiger partial charge in [-0.15, -0.1) is 5.10 Å². The molecule has 2 N–H and O–H groups in total. The maximum atomic E-state index is 12.5. The number of amides is 1. The van der Waals surface area contributed by atoms with Gasteiger partial charge in [0.25, 0.3) is 5.91 Å². The van der Waals surface area contributed by atoms with Crippen LogP contribution in [0.3, 0.4) is 0 Å². The quantitative estimate of drug-likeness (QED) is 0.685. The first-order valence-corrected chi connectivity index (χ1v) is 8.88. The number of hydrogen-bond donors (Lipinski definition) is 2. The fourth-order valence-corrected chi connectivity index (χ4v) is 2.58. The molecule has 0 radical (unpaired) electrons. The SMILES string of the molecule is CN(C)c1cccc(C(=O)Nc2ccc(Nc3cc(N(C)C)cnn3)cc2)c1. The molecule has 0 bridgehead atoms. The van der Waals surface area contributed by atoms with Gasteiger partial charge in [-0.25, -0.2) is 0 Å². The molecule has 0 saturated heterocycles. The second-order valence-corrected chi connectivity index (χ2v) is 6.79. The van der Waals surface area contributed by atoms with Crippen molar-refractivity contribution >= 4 is 34.5 Å². The van der Waals surface area contributed by atoms with Crippen molar-refractivity contribution in [3.05, 3.63) is 66.4 Å². The largest absolute Gasteiger partial charge is 0.378 e. The Labute approximate surface area is 165 Å². The van der Waals surface area contributed by atoms with Crippen LogP contribution in [0.15, 0.2) is 60.8 Å². The summed E-state index contributed by atoms with van der Waals surface area (Å²) in [6, 6.07) is 16.9. The van der Waals surface area contributed by atoms with E-state index in [2.05, 4.69) is 20.8 Å². The molecule has 0 aliphatic carbocycles. The zero-order valence-electron chi connectivity index (χ0n) is 16.5. The molecule has 0 saturated carbocycles. The van der Waals surface area contributed by atoms with E-state index in [1.807, 2.05) is 86.5 Å². The van der Waals surface area contributed by atoms with E-state index in [9.17, 15) is 4.79 Å². The lowest BCUT2D eigenvalue weighted by Gasteiger charge is -2.14. The Morgan fingerprint density at radius 3 is 2.21 bits per heavy atom. The van der Waals surface area contributed by atoms with Crippen LogP contribution in [0.25, 0.3) is 0 Å². The predicted octanol–water partition coefficient (Wildman–Crippen LogP) is 3.60. The average Bonchev–Trinajstić information content (AvgIpc) is 2.69. The molecule has 1 heterocycles. The molecular weight excluding hydrogens is 352 g/mol. The minimum atomic E-state index is -0.144. The van der Waals surface area contributed by atoms with Crippen LogP contribution in [0.4, 0.5) is 28.6 Å². The lowest BCUT2D eigenvalue weighted by molar-refractivity contribution is 0.102. The molecule has 144 valence electrons. The van der Waals surface area contributed by atoms with Gasteiger partial charge in [-0.1, -0.05) is 6.07 Å². The summed E-state index contributed by atoms with van der Waals surface area (Å²) in [4.78, 5) is 16.4. The summed E-state index contributed by atoms with van der Waals surface area (Å²) >= 11 is 0. The summed E-state index contributed by atoms with van der Waals surface area (Å²) in [7, 11) is 7.79. The molecule has 0 fully saturated rings. The van der Waals surface area contributed by atoms with Crippen LogP contribution in [-0.2, 0) is 0 Å². The standard InChI is InChI=1S/C21H24N6O/c1-26(2)18-7-5-6-15(12-18)21(28)24-17-10-8-16(9-11-17)23-20-13-19(27(3)4)14-22-25-20/h5-14H,1-4H3,(H,23,25)(H,24,28). The maximum absolute atomic E-state index is 12.5. The fraction of sp³-hybridized carbons (Fsp3) is 0.190. The molecule has 2 aromatic carbocycles. The Hall–Kier alpha value is -3.61. The zero-order chi connectivity index (χ0) is 20.1. The van der Waals surface area contributed by atoms with E-state index in [0.717, 1.165) is 22.7 Å². The van der Waals surface area contributed by atoms with Crippen molar-refractivity contribution < 1.29 is 4.79 Å². The van der Waals surface area contributed by atoms with E-state index in [1.165, 1.54) is 0 Å². The summed E-state index contributed by atoms with van der Waals surface area (Å²) < 4.78 is 0. The monoisotopic (exact) mass is 376 g/mol. The van der Waals surface area contributed by atoms with E-state index in [1.54, 1.807) is 12.3 Å². The van der Waals surface area contributed by atoms with Crippen LogP contribution in [0.2, 0.25) is 0 Å². The molecule has 1 aromatic heterocycles. The third-order valence-corrected chi connectivity index (χ3v) is 4.20. The predicted molar refractivity (Wildman–Crippen MR) is 115 cm³/mol. The number of carbonyl (C=O) groups excluding carboxylic acids is 1. The highest BCUT2D eigenvalue weighted by Crippen LogP contribution is 2.21. The van der Waals surface area contributed by atoms with Crippen LogP contribution >= 0.6 is 0 Å². The molecule has 7 heteroatoms. The number of aromatic nitrogens is 2. The molecule has 0 atom stereocenters. The Balaban J connectivity index is 1.67. The van der Waals surface area contributed by atoms with Crippen molar-refractivity contribution in [3.8, 4) is 0 Å². The third kappa shape index (κ3) is 4.76. The third-order valence-electron chi connectivity index (χ3n) is 4.20. The summed E-state index contributed by atoms with van der Waals surface area (Å²) in [5, 5.41) is 14.2. The topological polar surface area (TPSA) is 73.4 Å². The Kier molecular flexibility index (Phi) is 5.74. The lowest BCUT2D eigenvalue weighted by atomic mass is 10.1. The summed E-state index contributed by atoms with van der Waals surface area (Å²) in [6.45, 7) is 0. The molecule has 1 amide bonds. The van der Waals surface area contributed by atoms with Gasteiger partial charge in [-0.2, -0.15) is 5.10 Å². The van der Waals surface area contributed by atoms with E-state index in [4.69, 9.17) is 0 Å². The highest BCUT2D eigenvalue weighted by atomic mass is 16.1. The van der Waals surface area contributed by atoms with E-state index < -0.39 is 0 Å². The van der Waals surface area contributed by atoms with Crippen molar-refractivity contribution in [2.24, 2.45) is 0 Å². The van der Waals surface area contributed by atoms with Crippen LogP contribution in [0.1, 0.15) is 10.4 Å². The number of nitrogens with zero attached hydrogens (tertiary/aromatic N) is 4. The molecule has 28 heavy (non-hydrogen) atoms. The highest BCUT2D eigenvalue weighted by Gasteiger charge is 2.08. The fourth-order valence-electron chi connectivity index (χ4n) is 2.58. The minimum Gasteiger partial charge on any atom is -0.378 e. The minimum absolute atomic E-state index is 0.144. The first-order valence-electron chi connectivity index (χ1n) is 8.88. The molecule has 3 rings (SSSR count). The van der Waals surface area contributed by atoms with Crippen LogP contribution < -0.4 is 20.4 Å². The van der Waals surface area contributed by atoms with E-state index >= 15 is 0 Å². The Morgan fingerprint density at radius 2 is 1.54 bits per heavy atom. The van der Waals surface area contributed by atoms with Crippen molar-refractivity contribution in [3.63, 3.8) is 0 Å². The van der Waals surface area contributed by atoms with E-state index in [0.29, 0.717) is 11.4 Å². The van der Waals surface area contributed by atoms with Gasteiger partial charge >= 0.3 is 0 Å². The molecule has 0 aliphatic rings. The number of hydrogen-bond acceptors (Lipinski definition) is 6. The van der Waals surface area contributed by atoms with Gasteiger partial charge in [0.15, 0.2) is 5.82 Å². The van der Waals surface area contributed by atoms with Gasteiger partial charge in [0, 0.05) is 56.9 Å². The van der Waals surface area contributed by atoms with Gasteiger partial charge in [0.05, 0.1) is 11.9 Å². The Morgan fingerprint density at radius 1 is 0.857 bits per heavy atom. The van der Waals surface area contributed by atoms with Crippen LogP contribution in [-0.4, -0.2) is 44.3 Å². The number of carbonyl (C=O) groups is 1. The zero-order valence-corrected chi connectivity index (χ0v) is 16.5. The first-order chi connectivity index (χ1) is 13.4. The van der Waals surface area contributed by atoms with Gasteiger partial charge < -0.3 is 20.4 Å². The molecular formula is C21H24N6O. The van der Waals surface area contributed by atoms with E-state index in [-0.39, 0.29) is 5.91 Å². The van der Waals surface area contributed by atoms with Crippen LogP contribution in [0, 0.1) is 0 Å². The number of rotatable bonds is 6. The smallest absolute Gasteiger partial charge is 0.255 e. The first kappa shape index (κ1) is 19.2. The van der Waals surface area contributed by atoms with Gasteiger partial charge in [0.2, 0.25) is 0 Å². The highest BCUT2D eigenvalue weighted by molar-refractivity contribution is 6.04. The van der Waals surface area contributed by atoms with Crippen LogP contribution in [0.5, 0.6) is 0 Å². The maximum Gasteiger partial charge on any atom is 0.255 e. The van der Waals surface area contributed by atoms with Gasteiger partial charge in [0.1, 0.15) is 0 Å². The molecule has 0 spiro atoms. The summed E-state index contributed by atoms with van der Waals surface area (Å²) in [6.07, 6.45) is 1.70. The van der Waals surface area contributed by atoms with Crippen molar-refractivity contribution in [1.82, 2.24) is 10.2 Å². The Bertz CT molecular complexity index is 953. The van der Waals surface area contributed by atoms with Gasteiger partial charge in [-0.3, -0.25) is 4.79 Å². The average molecular weight is 376 g/mol. The molecule has 7 nitrogen and oxygen atoms in total.